The number of fused-ring (bicyclic) bond motifs is 1. The Morgan fingerprint density at radius 2 is 1.38 bits per heavy atom. The number of ether oxygens (including phenoxy) is 3. The van der Waals surface area contributed by atoms with Gasteiger partial charge in [0.2, 0.25) is 0 Å². The van der Waals surface area contributed by atoms with E-state index in [2.05, 4.69) is 26.0 Å². The highest BCUT2D eigenvalue weighted by Crippen LogP contribution is 2.43. The number of carbonyl (C=O) groups is 3. The van der Waals surface area contributed by atoms with Crippen LogP contribution in [0.25, 0.3) is 0 Å². The lowest BCUT2D eigenvalue weighted by Crippen LogP contribution is -2.71. The Bertz CT molecular complexity index is 3220. The highest BCUT2D eigenvalue weighted by molar-refractivity contribution is 8.02. The third-order valence-electron chi connectivity index (χ3n) is 12.4. The average Bonchev–Trinajstić information content (AvgIpc) is 3.95. The summed E-state index contributed by atoms with van der Waals surface area (Å²) in [5.41, 5.74) is 2.00. The summed E-state index contributed by atoms with van der Waals surface area (Å²) in [4.78, 5) is 80.7. The van der Waals surface area contributed by atoms with E-state index in [0.717, 1.165) is 33.0 Å². The van der Waals surface area contributed by atoms with E-state index in [1.54, 1.807) is 30.7 Å². The molecule has 17 nitrogen and oxygen atoms in total. The molecule has 2 amide bonds. The molecule has 76 heavy (non-hydrogen) atoms. The van der Waals surface area contributed by atoms with Gasteiger partial charge in [0.05, 0.1) is 6.54 Å². The lowest BCUT2D eigenvalue weighted by atomic mass is 9.77. The maximum Gasteiger partial charge on any atom is 0.356 e. The minimum absolute atomic E-state index is 0.0349. The number of aromatic amines is 1. The molecule has 0 bridgehead atoms. The molecule has 388 valence electrons. The highest BCUT2D eigenvalue weighted by Gasteiger charge is 2.55. The van der Waals surface area contributed by atoms with Crippen molar-refractivity contribution in [1.82, 2.24) is 30.0 Å². The molecule has 0 saturated carbocycles. The zero-order chi connectivity index (χ0) is 53.0. The first-order valence-electron chi connectivity index (χ1n) is 24.2. The van der Waals surface area contributed by atoms with Crippen molar-refractivity contribution in [3.05, 3.63) is 234 Å². The van der Waals surface area contributed by atoms with E-state index in [4.69, 9.17) is 24.0 Å². The van der Waals surface area contributed by atoms with Gasteiger partial charge in [-0.15, -0.1) is 28.2 Å². The van der Waals surface area contributed by atoms with Crippen LogP contribution in [0.1, 0.15) is 53.5 Å². The summed E-state index contributed by atoms with van der Waals surface area (Å²) in [6.45, 7) is 4.05. The van der Waals surface area contributed by atoms with Crippen LogP contribution in [0.15, 0.2) is 200 Å². The molecule has 1 fully saturated rings. The topological polar surface area (TPSA) is 208 Å². The average molecular weight is 1080 g/mol. The molecular formula is C56H52N8O9S3. The molecule has 2 aromatic heterocycles. The third-order valence-corrected chi connectivity index (χ3v) is 15.2. The lowest BCUT2D eigenvalue weighted by molar-refractivity contribution is -0.154. The predicted octanol–water partition coefficient (Wildman–Crippen LogP) is 7.83. The number of carbonyl (C=O) groups excluding carboxylic acids is 3. The van der Waals surface area contributed by atoms with Gasteiger partial charge in [-0.1, -0.05) is 169 Å². The molecule has 20 heteroatoms. The van der Waals surface area contributed by atoms with Gasteiger partial charge in [0, 0.05) is 24.3 Å². The molecule has 3 N–H and O–H groups in total. The summed E-state index contributed by atoms with van der Waals surface area (Å²) < 4.78 is 18.8. The zero-order valence-corrected chi connectivity index (χ0v) is 43.9. The number of β-lactam (4-membered cyclic amide) rings is 1. The van der Waals surface area contributed by atoms with E-state index >= 15 is 0 Å². The van der Waals surface area contributed by atoms with Crippen LogP contribution in [0.5, 0.6) is 0 Å². The minimum Gasteiger partial charge on any atom is -0.448 e. The van der Waals surface area contributed by atoms with E-state index in [1.807, 2.05) is 152 Å². The molecule has 9 rings (SSSR count). The van der Waals surface area contributed by atoms with Crippen LogP contribution in [-0.4, -0.2) is 91.9 Å². The number of H-pyrrole nitrogens is 1. The van der Waals surface area contributed by atoms with Crippen molar-refractivity contribution < 1.29 is 33.4 Å². The number of oxime groups is 1. The number of nitrogens with one attached hydrogen (secondary N) is 3. The van der Waals surface area contributed by atoms with Crippen molar-refractivity contribution in [3.63, 3.8) is 0 Å². The van der Waals surface area contributed by atoms with Crippen molar-refractivity contribution in [2.24, 2.45) is 5.16 Å². The SMILES string of the molecule is CCOC(Cn1c(SC=CC2=C(C(=O)OC(c3ccccc3)c3ccccc3)N3C(=O)C(NC(=O)C(=NOC)c4csc(NC(c5ccccc5)(c5ccccc5)c5ccccc5)n4)C3SC2)n[nH]c(=O)c1=O)OCC. The van der Waals surface area contributed by atoms with Crippen molar-refractivity contribution in [2.45, 2.75) is 54.9 Å². The van der Waals surface area contributed by atoms with Gasteiger partial charge in [0.1, 0.15) is 35.5 Å². The smallest absolute Gasteiger partial charge is 0.356 e. The first kappa shape index (κ1) is 53.0. The van der Waals surface area contributed by atoms with E-state index in [9.17, 15) is 24.0 Å². The van der Waals surface area contributed by atoms with Crippen molar-refractivity contribution in [2.75, 3.05) is 31.4 Å². The third kappa shape index (κ3) is 11.4. The Hall–Kier alpha value is -7.88. The number of nitrogens with zero attached hydrogens (tertiary/aromatic N) is 5. The Kier molecular flexibility index (Phi) is 17.2. The molecule has 4 heterocycles. The van der Waals surface area contributed by atoms with Crippen molar-refractivity contribution >= 4 is 63.5 Å². The Morgan fingerprint density at radius 3 is 1.92 bits per heavy atom. The standard InChI is InChI=1S/C56H52N8O9S3/c1-4-71-43(72-5-2)33-63-51(68)49(66)60-61-55(63)74-32-31-38-34-75-52-45(50(67)64(52)46(38)53(69)73-47(36-21-11-6-12-22-36)37-23-13-7-14-24-37)58-48(65)44(62-70-3)42-35-76-54(57-42)59-56(39-25-15-8-16-26-39,40-27-17-9-18-28-40)41-29-19-10-20-30-41/h6-32,35,43,45,47,52H,4-5,33-34H2,1-3H3,(H,57,59)(H,58,65)(H,60,66). The van der Waals surface area contributed by atoms with Crippen molar-refractivity contribution in [3.8, 4) is 0 Å². The molecule has 5 aromatic carbocycles. The molecule has 2 unspecified atom stereocenters. The number of thioether (sulfide) groups is 2. The Balaban J connectivity index is 1.00. The molecule has 2 atom stereocenters. The summed E-state index contributed by atoms with van der Waals surface area (Å²) >= 11 is 3.60. The normalized spacial score (nSPS) is 15.7. The molecular weight excluding hydrogens is 1020 g/mol. The Labute approximate surface area is 450 Å². The minimum atomic E-state index is -1.09. The number of esters is 1. The lowest BCUT2D eigenvalue weighted by Gasteiger charge is -2.49. The number of aromatic nitrogens is 4. The van der Waals surface area contributed by atoms with Gasteiger partial charge in [-0.3, -0.25) is 28.6 Å². The molecule has 0 radical (unpaired) electrons. The summed E-state index contributed by atoms with van der Waals surface area (Å²) in [6, 6.07) is 47.5. The van der Waals surface area contributed by atoms with Crippen LogP contribution >= 0.6 is 34.9 Å². The summed E-state index contributed by atoms with van der Waals surface area (Å²) in [5, 5.41) is 20.2. The fourth-order valence-electron chi connectivity index (χ4n) is 8.91. The van der Waals surface area contributed by atoms with E-state index in [1.165, 1.54) is 35.1 Å². The van der Waals surface area contributed by atoms with Gasteiger partial charge in [0.15, 0.2) is 28.4 Å². The predicted molar refractivity (Wildman–Crippen MR) is 293 cm³/mol. The van der Waals surface area contributed by atoms with Gasteiger partial charge in [-0.05, 0) is 58.7 Å². The van der Waals surface area contributed by atoms with E-state index < -0.39 is 58.3 Å². The maximum atomic E-state index is 14.8. The second-order valence-electron chi connectivity index (χ2n) is 17.0. The molecule has 1 saturated heterocycles. The van der Waals surface area contributed by atoms with E-state index in [-0.39, 0.29) is 34.6 Å². The van der Waals surface area contributed by atoms with Gasteiger partial charge < -0.3 is 29.7 Å². The van der Waals surface area contributed by atoms with Gasteiger partial charge in [0.25, 0.3) is 11.8 Å². The maximum absolute atomic E-state index is 14.8. The van der Waals surface area contributed by atoms with Gasteiger partial charge in [-0.2, -0.15) is 0 Å². The van der Waals surface area contributed by atoms with Crippen LogP contribution in [0.3, 0.4) is 0 Å². The molecule has 0 spiro atoms. The second-order valence-corrected chi connectivity index (χ2v) is 19.8. The number of anilines is 1. The van der Waals surface area contributed by atoms with Crippen LogP contribution in [0, 0.1) is 0 Å². The first-order chi connectivity index (χ1) is 37.1. The number of rotatable bonds is 22. The molecule has 2 aliphatic heterocycles. The molecule has 2 aliphatic rings. The van der Waals surface area contributed by atoms with Crippen LogP contribution in [0.4, 0.5) is 5.13 Å². The number of allylic oxidation sites excluding steroid dienone is 1. The number of hydrogen-bond acceptors (Lipinski definition) is 16. The number of thiazole rings is 1. The largest absolute Gasteiger partial charge is 0.448 e. The Morgan fingerprint density at radius 1 is 0.829 bits per heavy atom. The van der Waals surface area contributed by atoms with Crippen LogP contribution in [0.2, 0.25) is 0 Å². The summed E-state index contributed by atoms with van der Waals surface area (Å²) in [5.74, 6) is -1.89. The monoisotopic (exact) mass is 1080 g/mol. The quantitative estimate of drug-likeness (QED) is 0.00864. The van der Waals surface area contributed by atoms with Crippen molar-refractivity contribution in [1.29, 1.82) is 0 Å². The number of benzene rings is 5. The van der Waals surface area contributed by atoms with Gasteiger partial charge in [-0.25, -0.2) is 14.9 Å². The first-order valence-corrected chi connectivity index (χ1v) is 27.0. The molecule has 7 aromatic rings. The zero-order valence-electron chi connectivity index (χ0n) is 41.4. The second kappa shape index (κ2) is 24.6. The number of amides is 2. The summed E-state index contributed by atoms with van der Waals surface area (Å²) in [6.07, 6.45) is -0.0529. The molecule has 0 aliphatic carbocycles. The number of hydrogen-bond donors (Lipinski definition) is 3. The van der Waals surface area contributed by atoms with Gasteiger partial charge >= 0.3 is 17.1 Å². The fourth-order valence-corrected chi connectivity index (χ4v) is 11.7. The highest BCUT2D eigenvalue weighted by atomic mass is 32.2. The van der Waals surface area contributed by atoms with Crippen LogP contribution < -0.4 is 21.8 Å². The van der Waals surface area contributed by atoms with Crippen LogP contribution in [-0.2, 0) is 45.5 Å². The van der Waals surface area contributed by atoms with E-state index in [0.29, 0.717) is 35.0 Å². The summed E-state index contributed by atoms with van der Waals surface area (Å²) in [7, 11) is 1.32. The fraction of sp³-hybridized carbons (Fsp3) is 0.214.